The summed E-state index contributed by atoms with van der Waals surface area (Å²) in [4.78, 5) is 12.1. The highest BCUT2D eigenvalue weighted by Gasteiger charge is 2.36. The lowest BCUT2D eigenvalue weighted by atomic mass is 9.96. The van der Waals surface area contributed by atoms with E-state index in [1.807, 2.05) is 13.0 Å². The number of hydrogen-bond donors (Lipinski definition) is 1. The first-order valence-electron chi connectivity index (χ1n) is 7.07. The maximum Gasteiger partial charge on any atom is 0.221 e. The lowest BCUT2D eigenvalue weighted by Gasteiger charge is -2.22. The van der Waals surface area contributed by atoms with Crippen molar-refractivity contribution >= 4 is 17.7 Å². The van der Waals surface area contributed by atoms with E-state index in [0.29, 0.717) is 25.0 Å². The predicted molar refractivity (Wildman–Crippen MR) is 82.3 cm³/mol. The van der Waals surface area contributed by atoms with Gasteiger partial charge in [-0.25, -0.2) is 4.39 Å². The zero-order valence-corrected chi connectivity index (χ0v) is 12.9. The number of hydrogen-bond acceptors (Lipinski definition) is 3. The zero-order valence-electron chi connectivity index (χ0n) is 12.1. The van der Waals surface area contributed by atoms with Gasteiger partial charge in [-0.1, -0.05) is 19.1 Å². The van der Waals surface area contributed by atoms with Crippen molar-refractivity contribution < 1.29 is 9.18 Å². The van der Waals surface area contributed by atoms with Gasteiger partial charge in [-0.05, 0) is 42.2 Å². The maximum absolute atomic E-state index is 13.1. The number of nitrogens with zero attached hydrogens (tertiary/aromatic N) is 1. The Labute approximate surface area is 128 Å². The van der Waals surface area contributed by atoms with Crippen LogP contribution in [0.3, 0.4) is 0 Å². The minimum atomic E-state index is -0.694. The van der Waals surface area contributed by atoms with Crippen LogP contribution in [-0.4, -0.2) is 23.0 Å². The Morgan fingerprint density at radius 2 is 2.43 bits per heavy atom. The Morgan fingerprint density at radius 3 is 3.05 bits per heavy atom. The molecule has 1 aromatic rings. The highest BCUT2D eigenvalue weighted by molar-refractivity contribution is 7.99. The molecule has 0 spiro atoms. The number of carbonyl (C=O) groups excluding carboxylic acids is 1. The largest absolute Gasteiger partial charge is 0.337 e. The average molecular weight is 306 g/mol. The van der Waals surface area contributed by atoms with Crippen molar-refractivity contribution in [1.29, 1.82) is 5.26 Å². The van der Waals surface area contributed by atoms with Crippen molar-refractivity contribution in [3.05, 3.63) is 35.6 Å². The van der Waals surface area contributed by atoms with Crippen LogP contribution in [0, 0.1) is 23.1 Å². The third-order valence-electron chi connectivity index (χ3n) is 3.62. The molecular formula is C16H19FN2OS. The van der Waals surface area contributed by atoms with Crippen LogP contribution in [0.25, 0.3) is 0 Å². The lowest BCUT2D eigenvalue weighted by molar-refractivity contribution is -0.123. The van der Waals surface area contributed by atoms with E-state index in [9.17, 15) is 14.4 Å². The van der Waals surface area contributed by atoms with Gasteiger partial charge in [0.1, 0.15) is 11.4 Å². The van der Waals surface area contributed by atoms with Crippen molar-refractivity contribution in [1.82, 2.24) is 5.32 Å². The number of nitriles is 1. The summed E-state index contributed by atoms with van der Waals surface area (Å²) in [6, 6.07) is 8.69. The molecule has 1 aliphatic heterocycles. The number of carbonyl (C=O) groups is 1. The Morgan fingerprint density at radius 1 is 1.62 bits per heavy atom. The van der Waals surface area contributed by atoms with Gasteiger partial charge in [0, 0.05) is 12.2 Å². The molecule has 0 saturated carbocycles. The molecule has 1 aromatic carbocycles. The van der Waals surface area contributed by atoms with Crippen molar-refractivity contribution in [3.8, 4) is 6.07 Å². The van der Waals surface area contributed by atoms with Crippen LogP contribution in [0.2, 0.25) is 0 Å². The molecule has 0 unspecified atom stereocenters. The third kappa shape index (κ3) is 4.47. The molecule has 0 aromatic heterocycles. The van der Waals surface area contributed by atoms with Gasteiger partial charge in [0.25, 0.3) is 0 Å². The molecular weight excluding hydrogens is 287 g/mol. The summed E-state index contributed by atoms with van der Waals surface area (Å²) in [6.07, 6.45) is 1.71. The molecule has 3 nitrogen and oxygen atoms in total. The number of amides is 1. The molecule has 2 atom stereocenters. The van der Waals surface area contributed by atoms with E-state index in [0.717, 1.165) is 11.3 Å². The number of benzene rings is 1. The van der Waals surface area contributed by atoms with Crippen LogP contribution in [-0.2, 0) is 11.2 Å². The van der Waals surface area contributed by atoms with E-state index in [-0.39, 0.29) is 17.6 Å². The van der Waals surface area contributed by atoms with Crippen molar-refractivity contribution in [3.63, 3.8) is 0 Å². The van der Waals surface area contributed by atoms with Crippen LogP contribution in [0.1, 0.15) is 25.3 Å². The molecule has 0 bridgehead atoms. The van der Waals surface area contributed by atoms with Gasteiger partial charge in [-0.2, -0.15) is 17.0 Å². The van der Waals surface area contributed by atoms with E-state index >= 15 is 0 Å². The molecule has 1 aliphatic rings. The molecule has 1 amide bonds. The summed E-state index contributed by atoms with van der Waals surface area (Å²) in [7, 11) is 0. The first kappa shape index (κ1) is 15.8. The monoisotopic (exact) mass is 306 g/mol. The van der Waals surface area contributed by atoms with E-state index in [4.69, 9.17) is 0 Å². The summed E-state index contributed by atoms with van der Waals surface area (Å²) in [6.45, 7) is 1.97. The minimum Gasteiger partial charge on any atom is -0.337 e. The molecule has 112 valence electrons. The van der Waals surface area contributed by atoms with Gasteiger partial charge in [-0.3, -0.25) is 4.79 Å². The molecule has 2 rings (SSSR count). The molecule has 1 heterocycles. The Balaban J connectivity index is 1.86. The van der Waals surface area contributed by atoms with Gasteiger partial charge < -0.3 is 5.32 Å². The zero-order chi connectivity index (χ0) is 15.3. The fraction of sp³-hybridized carbons (Fsp3) is 0.500. The van der Waals surface area contributed by atoms with Crippen LogP contribution in [0.4, 0.5) is 4.39 Å². The van der Waals surface area contributed by atoms with Gasteiger partial charge >= 0.3 is 0 Å². The fourth-order valence-corrected chi connectivity index (χ4v) is 3.82. The van der Waals surface area contributed by atoms with Crippen molar-refractivity contribution in [2.24, 2.45) is 5.92 Å². The Kier molecular flexibility index (Phi) is 5.24. The fourth-order valence-electron chi connectivity index (χ4n) is 2.55. The summed E-state index contributed by atoms with van der Waals surface area (Å²) >= 11 is 1.69. The topological polar surface area (TPSA) is 52.9 Å². The second kappa shape index (κ2) is 6.95. The second-order valence-electron chi connectivity index (χ2n) is 5.69. The smallest absolute Gasteiger partial charge is 0.221 e. The minimum absolute atomic E-state index is 0.0945. The first-order valence-corrected chi connectivity index (χ1v) is 8.23. The predicted octanol–water partition coefficient (Wildman–Crippen LogP) is 2.91. The van der Waals surface area contributed by atoms with Gasteiger partial charge in [0.05, 0.1) is 6.07 Å². The molecule has 0 radical (unpaired) electrons. The van der Waals surface area contributed by atoms with E-state index in [2.05, 4.69) is 11.4 Å². The van der Waals surface area contributed by atoms with E-state index in [1.54, 1.807) is 17.8 Å². The van der Waals surface area contributed by atoms with Gasteiger partial charge in [0.2, 0.25) is 5.91 Å². The summed E-state index contributed by atoms with van der Waals surface area (Å²) in [5.74, 6) is 1.33. The first-order chi connectivity index (χ1) is 10.0. The Hall–Kier alpha value is -1.54. The van der Waals surface area contributed by atoms with Crippen LogP contribution < -0.4 is 5.32 Å². The van der Waals surface area contributed by atoms with Crippen LogP contribution in [0.5, 0.6) is 0 Å². The van der Waals surface area contributed by atoms with Crippen LogP contribution >= 0.6 is 11.8 Å². The van der Waals surface area contributed by atoms with Gasteiger partial charge in [-0.15, -0.1) is 0 Å². The highest BCUT2D eigenvalue weighted by atomic mass is 32.2. The summed E-state index contributed by atoms with van der Waals surface area (Å²) in [5, 5.41) is 12.1. The van der Waals surface area contributed by atoms with Crippen molar-refractivity contribution in [2.45, 2.75) is 31.7 Å². The third-order valence-corrected chi connectivity index (χ3v) is 4.81. The second-order valence-corrected chi connectivity index (χ2v) is 6.79. The molecule has 5 heteroatoms. The number of rotatable bonds is 5. The number of halogens is 1. The number of thioether (sulfide) groups is 1. The highest BCUT2D eigenvalue weighted by Crippen LogP contribution is 2.27. The average Bonchev–Trinajstić information content (AvgIpc) is 2.87. The molecule has 1 N–H and O–H groups in total. The standard InChI is InChI=1S/C16H19FN2OS/c1-12(7-13-3-2-4-14(17)9-13)8-15(20)19-16(10-18)5-6-21-11-16/h2-4,9,12H,5-8,11H2,1H3,(H,19,20)/t12-,16-/m1/s1. The molecule has 0 aliphatic carbocycles. The number of nitrogens with one attached hydrogen (secondary N) is 1. The normalized spacial score (nSPS) is 22.5. The lowest BCUT2D eigenvalue weighted by Crippen LogP contribution is -2.47. The summed E-state index contributed by atoms with van der Waals surface area (Å²) < 4.78 is 13.1. The van der Waals surface area contributed by atoms with Crippen molar-refractivity contribution in [2.75, 3.05) is 11.5 Å². The summed E-state index contributed by atoms with van der Waals surface area (Å²) in [5.41, 5.74) is 0.196. The molecule has 1 saturated heterocycles. The molecule has 1 fully saturated rings. The Bertz CT molecular complexity index is 549. The quantitative estimate of drug-likeness (QED) is 0.910. The van der Waals surface area contributed by atoms with Gasteiger partial charge in [0.15, 0.2) is 0 Å². The van der Waals surface area contributed by atoms with E-state index < -0.39 is 5.54 Å². The maximum atomic E-state index is 13.1. The van der Waals surface area contributed by atoms with E-state index in [1.165, 1.54) is 12.1 Å². The molecule has 21 heavy (non-hydrogen) atoms. The SMILES string of the molecule is C[C@@H](CC(=O)N[C@@]1(C#N)CCSC1)Cc1cccc(F)c1. The van der Waals surface area contributed by atoms with Crippen LogP contribution in [0.15, 0.2) is 24.3 Å².